The Morgan fingerprint density at radius 1 is 0.778 bits per heavy atom. The summed E-state index contributed by atoms with van der Waals surface area (Å²) in [5.41, 5.74) is 1.12. The van der Waals surface area contributed by atoms with Crippen molar-refractivity contribution in [2.24, 2.45) is 5.92 Å². The van der Waals surface area contributed by atoms with Gasteiger partial charge in [0, 0.05) is 38.4 Å². The van der Waals surface area contributed by atoms with Crippen molar-refractivity contribution in [1.29, 1.82) is 0 Å². The zero-order valence-corrected chi connectivity index (χ0v) is 22.2. The van der Waals surface area contributed by atoms with Crippen molar-refractivity contribution in [1.82, 2.24) is 0 Å². The van der Waals surface area contributed by atoms with Crippen LogP contribution in [0.15, 0.2) is 41.9 Å². The normalized spacial score (nSPS) is 14.4. The highest BCUT2D eigenvalue weighted by molar-refractivity contribution is 5.40. The first-order valence-electron chi connectivity index (χ1n) is 12.5. The van der Waals surface area contributed by atoms with Crippen LogP contribution in [0.5, 0.6) is 11.5 Å². The summed E-state index contributed by atoms with van der Waals surface area (Å²) in [6.45, 7) is 2.63. The third-order valence-corrected chi connectivity index (χ3v) is 5.83. The summed E-state index contributed by atoms with van der Waals surface area (Å²) in [4.78, 5) is 0. The first-order valence-corrected chi connectivity index (χ1v) is 12.5. The molecule has 0 saturated heterocycles. The average Bonchev–Trinajstić information content (AvgIpc) is 2.92. The van der Waals surface area contributed by atoms with E-state index < -0.39 is 0 Å². The van der Waals surface area contributed by atoms with Gasteiger partial charge in [-0.05, 0) is 73.4 Å². The van der Waals surface area contributed by atoms with Gasteiger partial charge in [0.05, 0.1) is 53.2 Å². The van der Waals surface area contributed by atoms with Gasteiger partial charge in [0.1, 0.15) is 11.5 Å². The number of benzene rings is 1. The summed E-state index contributed by atoms with van der Waals surface area (Å²) in [6.07, 6.45) is 9.97. The van der Waals surface area contributed by atoms with Crippen LogP contribution in [0.2, 0.25) is 0 Å². The van der Waals surface area contributed by atoms with E-state index in [1.807, 2.05) is 30.4 Å². The van der Waals surface area contributed by atoms with Crippen molar-refractivity contribution < 1.29 is 28.4 Å². The predicted octanol–water partition coefficient (Wildman–Crippen LogP) is 5.32. The minimum absolute atomic E-state index is 0.356. The van der Waals surface area contributed by atoms with Crippen LogP contribution in [0.1, 0.15) is 44.1 Å². The summed E-state index contributed by atoms with van der Waals surface area (Å²) in [5, 5.41) is 0. The molecule has 1 aliphatic rings. The highest BCUT2D eigenvalue weighted by Gasteiger charge is 2.20. The molecule has 0 saturated carbocycles. The molecule has 0 fully saturated rings. The molecule has 1 aromatic rings. The van der Waals surface area contributed by atoms with E-state index in [9.17, 15) is 0 Å². The van der Waals surface area contributed by atoms with Crippen LogP contribution in [0, 0.1) is 29.6 Å². The van der Waals surface area contributed by atoms with Crippen LogP contribution >= 0.6 is 0 Å². The SMILES string of the molecule is COC1=CC=C(OC)C(CCCOCCC#CC#CCCOCCCc2cc(OC)ccc2OC)C1. The lowest BCUT2D eigenvalue weighted by Crippen LogP contribution is -2.12. The van der Waals surface area contributed by atoms with Gasteiger partial charge in [0.25, 0.3) is 0 Å². The molecule has 6 heteroatoms. The zero-order chi connectivity index (χ0) is 25.8. The Hall–Kier alpha value is -3.06. The molecule has 0 bridgehead atoms. The Bertz CT molecular complexity index is 957. The molecular weight excluding hydrogens is 456 g/mol. The Labute approximate surface area is 216 Å². The lowest BCUT2D eigenvalue weighted by atomic mass is 9.92. The van der Waals surface area contributed by atoms with E-state index in [4.69, 9.17) is 28.4 Å². The van der Waals surface area contributed by atoms with Crippen LogP contribution in [-0.4, -0.2) is 54.9 Å². The number of methoxy groups -OCH3 is 4. The van der Waals surface area contributed by atoms with Crippen molar-refractivity contribution in [2.75, 3.05) is 54.9 Å². The fraction of sp³-hybridized carbons (Fsp3) is 0.533. The van der Waals surface area contributed by atoms with E-state index in [1.165, 1.54) is 0 Å². The van der Waals surface area contributed by atoms with Crippen LogP contribution in [-0.2, 0) is 25.4 Å². The van der Waals surface area contributed by atoms with Crippen molar-refractivity contribution in [3.8, 4) is 35.2 Å². The van der Waals surface area contributed by atoms with Crippen molar-refractivity contribution >= 4 is 0 Å². The van der Waals surface area contributed by atoms with Crippen molar-refractivity contribution in [3.05, 3.63) is 47.4 Å². The van der Waals surface area contributed by atoms with E-state index >= 15 is 0 Å². The van der Waals surface area contributed by atoms with Crippen LogP contribution in [0.4, 0.5) is 0 Å². The van der Waals surface area contributed by atoms with Gasteiger partial charge >= 0.3 is 0 Å². The Morgan fingerprint density at radius 3 is 2.14 bits per heavy atom. The smallest absolute Gasteiger partial charge is 0.122 e. The molecule has 0 N–H and O–H groups in total. The molecule has 0 radical (unpaired) electrons. The molecule has 1 aliphatic carbocycles. The largest absolute Gasteiger partial charge is 0.501 e. The number of hydrogen-bond donors (Lipinski definition) is 0. The molecule has 6 nitrogen and oxygen atoms in total. The Balaban J connectivity index is 1.47. The molecule has 2 rings (SSSR count). The Morgan fingerprint density at radius 2 is 1.50 bits per heavy atom. The molecule has 36 heavy (non-hydrogen) atoms. The number of ether oxygens (including phenoxy) is 6. The summed E-state index contributed by atoms with van der Waals surface area (Å²) >= 11 is 0. The summed E-state index contributed by atoms with van der Waals surface area (Å²) in [6, 6.07) is 5.84. The van der Waals surface area contributed by atoms with E-state index in [1.54, 1.807) is 28.4 Å². The number of rotatable bonds is 16. The lowest BCUT2D eigenvalue weighted by molar-refractivity contribution is 0.127. The van der Waals surface area contributed by atoms with Gasteiger partial charge in [0.2, 0.25) is 0 Å². The van der Waals surface area contributed by atoms with Crippen LogP contribution in [0.3, 0.4) is 0 Å². The van der Waals surface area contributed by atoms with E-state index in [0.29, 0.717) is 38.6 Å². The fourth-order valence-corrected chi connectivity index (χ4v) is 3.89. The zero-order valence-electron chi connectivity index (χ0n) is 22.2. The fourth-order valence-electron chi connectivity index (χ4n) is 3.89. The third kappa shape index (κ3) is 11.1. The maximum atomic E-state index is 5.70. The van der Waals surface area contributed by atoms with Crippen LogP contribution < -0.4 is 9.47 Å². The summed E-state index contributed by atoms with van der Waals surface area (Å²) in [5.74, 6) is 15.9. The maximum Gasteiger partial charge on any atom is 0.122 e. The van der Waals surface area contributed by atoms with Crippen molar-refractivity contribution in [3.63, 3.8) is 0 Å². The summed E-state index contributed by atoms with van der Waals surface area (Å²) in [7, 11) is 6.78. The predicted molar refractivity (Wildman–Crippen MR) is 142 cm³/mol. The van der Waals surface area contributed by atoms with Crippen molar-refractivity contribution in [2.45, 2.75) is 44.9 Å². The van der Waals surface area contributed by atoms with E-state index in [0.717, 1.165) is 67.3 Å². The molecule has 0 heterocycles. The second-order valence-corrected chi connectivity index (χ2v) is 8.26. The van der Waals surface area contributed by atoms with Crippen LogP contribution in [0.25, 0.3) is 0 Å². The van der Waals surface area contributed by atoms with Gasteiger partial charge in [-0.15, -0.1) is 0 Å². The standard InChI is InChI=1S/C30H40O6/c1-31-27-15-17-29(33-3)25(23-27)13-11-21-35-19-9-7-5-6-8-10-20-36-22-12-14-26-24-28(32-2)16-18-30(26)34-4/h15-18,23,26H,9-14,19-22,24H2,1-4H3. The van der Waals surface area contributed by atoms with E-state index in [2.05, 4.69) is 23.7 Å². The first-order chi connectivity index (χ1) is 17.7. The van der Waals surface area contributed by atoms with Gasteiger partial charge in [-0.3, -0.25) is 0 Å². The third-order valence-electron chi connectivity index (χ3n) is 5.83. The minimum Gasteiger partial charge on any atom is -0.501 e. The quantitative estimate of drug-likeness (QED) is 0.228. The molecule has 0 spiro atoms. The second kappa shape index (κ2) is 18.2. The molecule has 0 aliphatic heterocycles. The van der Waals surface area contributed by atoms with Gasteiger partial charge in [-0.25, -0.2) is 0 Å². The number of hydrogen-bond acceptors (Lipinski definition) is 6. The number of allylic oxidation sites excluding steroid dienone is 4. The second-order valence-electron chi connectivity index (χ2n) is 8.26. The topological polar surface area (TPSA) is 55.4 Å². The van der Waals surface area contributed by atoms with E-state index in [-0.39, 0.29) is 0 Å². The molecule has 0 amide bonds. The van der Waals surface area contributed by atoms with Gasteiger partial charge in [-0.2, -0.15) is 0 Å². The maximum absolute atomic E-state index is 5.70. The minimum atomic E-state index is 0.356. The van der Waals surface area contributed by atoms with Gasteiger partial charge < -0.3 is 28.4 Å². The molecule has 1 unspecified atom stereocenters. The van der Waals surface area contributed by atoms with Gasteiger partial charge in [-0.1, -0.05) is 11.8 Å². The monoisotopic (exact) mass is 496 g/mol. The Kier molecular flexibility index (Phi) is 14.8. The average molecular weight is 497 g/mol. The summed E-state index contributed by atoms with van der Waals surface area (Å²) < 4.78 is 32.9. The molecule has 1 aromatic carbocycles. The lowest BCUT2D eigenvalue weighted by Gasteiger charge is -2.23. The molecule has 1 atom stereocenters. The molecular formula is C30H40O6. The highest BCUT2D eigenvalue weighted by Crippen LogP contribution is 2.29. The molecule has 0 aromatic heterocycles. The highest BCUT2D eigenvalue weighted by atomic mass is 16.5. The molecule has 196 valence electrons. The number of aryl methyl sites for hydroxylation is 1. The van der Waals surface area contributed by atoms with Gasteiger partial charge in [0.15, 0.2) is 0 Å². The first kappa shape index (κ1) is 29.2.